The van der Waals surface area contributed by atoms with E-state index in [1.54, 1.807) is 6.20 Å². The third-order valence-electron chi connectivity index (χ3n) is 2.37. The first-order valence-corrected chi connectivity index (χ1v) is 5.44. The SMILES string of the molecule is Cc1nccc(CNCCC(C)(C)C#N)n1. The van der Waals surface area contributed by atoms with Crippen molar-refractivity contribution < 1.29 is 0 Å². The van der Waals surface area contributed by atoms with Crippen LogP contribution in [0.2, 0.25) is 0 Å². The molecule has 0 saturated heterocycles. The van der Waals surface area contributed by atoms with E-state index in [0.717, 1.165) is 31.0 Å². The van der Waals surface area contributed by atoms with Crippen molar-refractivity contribution in [1.29, 1.82) is 5.26 Å². The third-order valence-corrected chi connectivity index (χ3v) is 2.37. The van der Waals surface area contributed by atoms with Crippen molar-refractivity contribution in [3.05, 3.63) is 23.8 Å². The molecule has 1 heterocycles. The Hall–Kier alpha value is -1.47. The summed E-state index contributed by atoms with van der Waals surface area (Å²) >= 11 is 0. The van der Waals surface area contributed by atoms with Gasteiger partial charge in [-0.1, -0.05) is 0 Å². The molecule has 0 aliphatic carbocycles. The van der Waals surface area contributed by atoms with Gasteiger partial charge < -0.3 is 5.32 Å². The molecule has 4 nitrogen and oxygen atoms in total. The molecule has 1 aromatic heterocycles. The third kappa shape index (κ3) is 4.37. The summed E-state index contributed by atoms with van der Waals surface area (Å²) in [5.74, 6) is 0.789. The van der Waals surface area contributed by atoms with Crippen molar-refractivity contribution >= 4 is 0 Å². The molecule has 86 valence electrons. The first kappa shape index (κ1) is 12.6. The van der Waals surface area contributed by atoms with E-state index in [1.807, 2.05) is 26.8 Å². The van der Waals surface area contributed by atoms with E-state index in [4.69, 9.17) is 5.26 Å². The minimum atomic E-state index is -0.255. The van der Waals surface area contributed by atoms with Gasteiger partial charge in [-0.05, 0) is 39.8 Å². The summed E-state index contributed by atoms with van der Waals surface area (Å²) in [4.78, 5) is 8.33. The van der Waals surface area contributed by atoms with Crippen LogP contribution in [0, 0.1) is 23.7 Å². The highest BCUT2D eigenvalue weighted by Crippen LogP contribution is 2.17. The number of hydrogen-bond donors (Lipinski definition) is 1. The lowest BCUT2D eigenvalue weighted by Crippen LogP contribution is -2.21. The summed E-state index contributed by atoms with van der Waals surface area (Å²) in [6.45, 7) is 7.32. The molecule has 0 aliphatic heterocycles. The normalized spacial score (nSPS) is 11.1. The van der Waals surface area contributed by atoms with E-state index in [1.165, 1.54) is 0 Å². The van der Waals surface area contributed by atoms with E-state index < -0.39 is 0 Å². The Balaban J connectivity index is 2.29. The Morgan fingerprint density at radius 1 is 1.50 bits per heavy atom. The molecule has 0 radical (unpaired) electrons. The van der Waals surface area contributed by atoms with Crippen LogP contribution in [0.15, 0.2) is 12.3 Å². The van der Waals surface area contributed by atoms with Crippen LogP contribution in [0.25, 0.3) is 0 Å². The average Bonchev–Trinajstić information content (AvgIpc) is 2.25. The molecule has 16 heavy (non-hydrogen) atoms. The van der Waals surface area contributed by atoms with Gasteiger partial charge >= 0.3 is 0 Å². The molecule has 0 unspecified atom stereocenters. The highest BCUT2D eigenvalue weighted by atomic mass is 14.9. The van der Waals surface area contributed by atoms with E-state index in [9.17, 15) is 0 Å². The number of aromatic nitrogens is 2. The van der Waals surface area contributed by atoms with Crippen LogP contribution in [0.3, 0.4) is 0 Å². The minimum absolute atomic E-state index is 0.255. The highest BCUT2D eigenvalue weighted by Gasteiger charge is 2.15. The first-order valence-electron chi connectivity index (χ1n) is 5.44. The smallest absolute Gasteiger partial charge is 0.125 e. The molecule has 1 N–H and O–H groups in total. The zero-order valence-corrected chi connectivity index (χ0v) is 10.1. The van der Waals surface area contributed by atoms with Crippen molar-refractivity contribution in [1.82, 2.24) is 15.3 Å². The predicted molar refractivity (Wildman–Crippen MR) is 62.5 cm³/mol. The number of hydrogen-bond acceptors (Lipinski definition) is 4. The molecule has 0 atom stereocenters. The van der Waals surface area contributed by atoms with Gasteiger partial charge in [0.05, 0.1) is 17.2 Å². The van der Waals surface area contributed by atoms with Crippen LogP contribution in [0.4, 0.5) is 0 Å². The monoisotopic (exact) mass is 218 g/mol. The lowest BCUT2D eigenvalue weighted by atomic mass is 9.91. The second-order valence-corrected chi connectivity index (χ2v) is 4.52. The molecular weight excluding hydrogens is 200 g/mol. The molecular formula is C12H18N4. The molecule has 1 rings (SSSR count). The van der Waals surface area contributed by atoms with Gasteiger partial charge in [0.15, 0.2) is 0 Å². The zero-order valence-electron chi connectivity index (χ0n) is 10.1. The molecule has 0 amide bonds. The van der Waals surface area contributed by atoms with Crippen molar-refractivity contribution in [3.8, 4) is 6.07 Å². The molecule has 0 saturated carbocycles. The summed E-state index contributed by atoms with van der Waals surface area (Å²) < 4.78 is 0. The summed E-state index contributed by atoms with van der Waals surface area (Å²) in [7, 11) is 0. The Bertz CT molecular complexity index is 379. The van der Waals surface area contributed by atoms with Gasteiger partial charge in [0.1, 0.15) is 5.82 Å². The topological polar surface area (TPSA) is 61.6 Å². The second kappa shape index (κ2) is 5.57. The van der Waals surface area contributed by atoms with Crippen LogP contribution >= 0.6 is 0 Å². The zero-order chi connectivity index (χ0) is 12.0. The number of nitrogens with zero attached hydrogens (tertiary/aromatic N) is 3. The predicted octanol–water partition coefficient (Wildman–Crippen LogP) is 1.81. The minimum Gasteiger partial charge on any atom is -0.311 e. The highest BCUT2D eigenvalue weighted by molar-refractivity contribution is 5.01. The van der Waals surface area contributed by atoms with Gasteiger partial charge in [-0.15, -0.1) is 0 Å². The van der Waals surface area contributed by atoms with Crippen molar-refractivity contribution in [2.24, 2.45) is 5.41 Å². The fourth-order valence-corrected chi connectivity index (χ4v) is 1.28. The van der Waals surface area contributed by atoms with Crippen molar-refractivity contribution in [2.45, 2.75) is 33.7 Å². The molecule has 4 heteroatoms. The maximum atomic E-state index is 8.85. The van der Waals surface area contributed by atoms with Crippen LogP contribution in [0.5, 0.6) is 0 Å². The number of nitrogens with one attached hydrogen (secondary N) is 1. The molecule has 0 bridgehead atoms. The molecule has 0 aliphatic rings. The van der Waals surface area contributed by atoms with Gasteiger partial charge in [0.2, 0.25) is 0 Å². The molecule has 1 aromatic rings. The Labute approximate surface area is 96.7 Å². The standard InChI is InChI=1S/C12H18N4/c1-10-15-6-4-11(16-10)8-14-7-5-12(2,3)9-13/h4,6,14H,5,7-8H2,1-3H3. The van der Waals surface area contributed by atoms with Crippen molar-refractivity contribution in [3.63, 3.8) is 0 Å². The summed E-state index contributed by atoms with van der Waals surface area (Å²) in [5.41, 5.74) is 0.733. The lowest BCUT2D eigenvalue weighted by molar-refractivity contribution is 0.431. The van der Waals surface area contributed by atoms with Crippen LogP contribution < -0.4 is 5.32 Å². The second-order valence-electron chi connectivity index (χ2n) is 4.52. The van der Waals surface area contributed by atoms with Gasteiger partial charge in [-0.25, -0.2) is 9.97 Å². The van der Waals surface area contributed by atoms with Gasteiger partial charge in [-0.2, -0.15) is 5.26 Å². The van der Waals surface area contributed by atoms with Gasteiger partial charge in [0, 0.05) is 12.7 Å². The van der Waals surface area contributed by atoms with Crippen LogP contribution in [0.1, 0.15) is 31.8 Å². The first-order chi connectivity index (χ1) is 7.53. The van der Waals surface area contributed by atoms with E-state index in [2.05, 4.69) is 21.4 Å². The fourth-order valence-electron chi connectivity index (χ4n) is 1.28. The van der Waals surface area contributed by atoms with E-state index in [-0.39, 0.29) is 5.41 Å². The Kier molecular flexibility index (Phi) is 4.39. The number of aryl methyl sites for hydroxylation is 1. The lowest BCUT2D eigenvalue weighted by Gasteiger charge is -2.14. The molecule has 0 aromatic carbocycles. The van der Waals surface area contributed by atoms with Crippen LogP contribution in [-0.2, 0) is 6.54 Å². The fraction of sp³-hybridized carbons (Fsp3) is 0.583. The summed E-state index contributed by atoms with van der Waals surface area (Å²) in [5, 5.41) is 12.1. The maximum Gasteiger partial charge on any atom is 0.125 e. The van der Waals surface area contributed by atoms with Crippen molar-refractivity contribution in [2.75, 3.05) is 6.54 Å². The van der Waals surface area contributed by atoms with Gasteiger partial charge in [0.25, 0.3) is 0 Å². The van der Waals surface area contributed by atoms with E-state index in [0.29, 0.717) is 0 Å². The maximum absolute atomic E-state index is 8.85. The summed E-state index contributed by atoms with van der Waals surface area (Å²) in [6.07, 6.45) is 2.60. The Morgan fingerprint density at radius 3 is 2.88 bits per heavy atom. The number of rotatable bonds is 5. The average molecular weight is 218 g/mol. The Morgan fingerprint density at radius 2 is 2.25 bits per heavy atom. The van der Waals surface area contributed by atoms with E-state index >= 15 is 0 Å². The summed E-state index contributed by atoms with van der Waals surface area (Å²) in [6, 6.07) is 4.18. The quantitative estimate of drug-likeness (QED) is 0.766. The number of nitriles is 1. The van der Waals surface area contributed by atoms with Crippen LogP contribution in [-0.4, -0.2) is 16.5 Å². The largest absolute Gasteiger partial charge is 0.311 e. The van der Waals surface area contributed by atoms with Gasteiger partial charge in [-0.3, -0.25) is 0 Å². The molecule has 0 spiro atoms. The molecule has 0 fully saturated rings.